The Bertz CT molecular complexity index is 394. The first-order valence-electron chi connectivity index (χ1n) is 7.40. The van der Waals surface area contributed by atoms with Crippen LogP contribution in [0.15, 0.2) is 24.3 Å². The van der Waals surface area contributed by atoms with Gasteiger partial charge < -0.3 is 14.8 Å². The molecule has 1 aliphatic heterocycles. The van der Waals surface area contributed by atoms with E-state index in [4.69, 9.17) is 9.47 Å². The molecule has 1 saturated heterocycles. The Morgan fingerprint density at radius 3 is 3.00 bits per heavy atom. The van der Waals surface area contributed by atoms with E-state index in [2.05, 4.69) is 24.4 Å². The summed E-state index contributed by atoms with van der Waals surface area (Å²) in [6.45, 7) is 4.05. The van der Waals surface area contributed by atoms with Gasteiger partial charge in [-0.2, -0.15) is 11.8 Å². The first kappa shape index (κ1) is 15.7. The molecule has 4 heteroatoms. The number of benzene rings is 1. The number of methoxy groups -OCH3 is 1. The molecule has 1 N–H and O–H groups in total. The summed E-state index contributed by atoms with van der Waals surface area (Å²) >= 11 is 1.97. The van der Waals surface area contributed by atoms with Gasteiger partial charge in [0.05, 0.1) is 13.2 Å². The fraction of sp³-hybridized carbons (Fsp3) is 0.625. The molecule has 0 bridgehead atoms. The Hall–Kier alpha value is -0.710. The molecular weight excluding hydrogens is 270 g/mol. The van der Waals surface area contributed by atoms with Crippen LogP contribution in [0.3, 0.4) is 0 Å². The second-order valence-corrected chi connectivity index (χ2v) is 6.10. The zero-order valence-electron chi connectivity index (χ0n) is 12.4. The molecule has 1 aromatic carbocycles. The lowest BCUT2D eigenvalue weighted by Gasteiger charge is -2.21. The third-order valence-corrected chi connectivity index (χ3v) is 4.75. The summed E-state index contributed by atoms with van der Waals surface area (Å²) in [6, 6.07) is 8.61. The molecule has 0 aliphatic carbocycles. The van der Waals surface area contributed by atoms with Crippen molar-refractivity contribution in [1.29, 1.82) is 0 Å². The number of para-hydroxylation sites is 1. The van der Waals surface area contributed by atoms with Crippen molar-refractivity contribution in [2.24, 2.45) is 0 Å². The van der Waals surface area contributed by atoms with Gasteiger partial charge in [0, 0.05) is 29.7 Å². The van der Waals surface area contributed by atoms with E-state index in [1.807, 2.05) is 23.9 Å². The average Bonchev–Trinajstić information content (AvgIpc) is 2.99. The van der Waals surface area contributed by atoms with Crippen LogP contribution in [0.2, 0.25) is 0 Å². The molecule has 3 nitrogen and oxygen atoms in total. The number of nitrogens with one attached hydrogen (secondary N) is 1. The lowest BCUT2D eigenvalue weighted by atomic mass is 10.1. The zero-order chi connectivity index (χ0) is 14.2. The van der Waals surface area contributed by atoms with E-state index in [1.54, 1.807) is 7.11 Å². The van der Waals surface area contributed by atoms with Gasteiger partial charge in [-0.05, 0) is 25.5 Å². The van der Waals surface area contributed by atoms with Crippen molar-refractivity contribution < 1.29 is 9.47 Å². The summed E-state index contributed by atoms with van der Waals surface area (Å²) in [5.74, 6) is 3.11. The van der Waals surface area contributed by atoms with Crippen molar-refractivity contribution in [2.45, 2.75) is 31.9 Å². The monoisotopic (exact) mass is 295 g/mol. The Labute approximate surface area is 126 Å². The third kappa shape index (κ3) is 4.40. The van der Waals surface area contributed by atoms with Crippen molar-refractivity contribution in [3.8, 4) is 5.75 Å². The summed E-state index contributed by atoms with van der Waals surface area (Å²) in [5, 5.41) is 3.56. The Morgan fingerprint density at radius 2 is 2.30 bits per heavy atom. The highest BCUT2D eigenvalue weighted by atomic mass is 32.2. The van der Waals surface area contributed by atoms with Gasteiger partial charge in [0.15, 0.2) is 0 Å². The quantitative estimate of drug-likeness (QED) is 0.797. The van der Waals surface area contributed by atoms with E-state index in [0.29, 0.717) is 12.1 Å². The van der Waals surface area contributed by atoms with E-state index in [-0.39, 0.29) is 0 Å². The molecule has 1 aliphatic rings. The lowest BCUT2D eigenvalue weighted by Crippen LogP contribution is -2.24. The molecule has 1 heterocycles. The van der Waals surface area contributed by atoms with E-state index in [0.717, 1.165) is 30.4 Å². The summed E-state index contributed by atoms with van der Waals surface area (Å²) in [4.78, 5) is 0. The minimum absolute atomic E-state index is 0.336. The number of ether oxygens (including phenoxy) is 2. The maximum atomic E-state index is 5.68. The predicted octanol–water partition coefficient (Wildman–Crippen LogP) is 3.26. The van der Waals surface area contributed by atoms with E-state index >= 15 is 0 Å². The highest BCUT2D eigenvalue weighted by Gasteiger charge is 2.18. The maximum Gasteiger partial charge on any atom is 0.123 e. The molecule has 0 saturated carbocycles. The Morgan fingerprint density at radius 1 is 1.45 bits per heavy atom. The van der Waals surface area contributed by atoms with Crippen LogP contribution in [0.4, 0.5) is 0 Å². The van der Waals surface area contributed by atoms with E-state index in [9.17, 15) is 0 Å². The molecule has 20 heavy (non-hydrogen) atoms. The van der Waals surface area contributed by atoms with Crippen LogP contribution in [0.25, 0.3) is 0 Å². The second-order valence-electron chi connectivity index (χ2n) is 5.02. The summed E-state index contributed by atoms with van der Waals surface area (Å²) in [7, 11) is 1.74. The molecule has 1 fully saturated rings. The van der Waals surface area contributed by atoms with Crippen LogP contribution in [-0.4, -0.2) is 37.9 Å². The first-order chi connectivity index (χ1) is 9.85. The first-order valence-corrected chi connectivity index (χ1v) is 8.56. The number of hydrogen-bond donors (Lipinski definition) is 1. The standard InChI is InChI=1S/C16H25NO2S/c1-3-17-15(12-20-11-13-7-6-10-19-13)14-8-4-5-9-16(14)18-2/h4-5,8-9,13,15,17H,3,6-7,10-12H2,1-2H3. The van der Waals surface area contributed by atoms with Gasteiger partial charge in [-0.3, -0.25) is 0 Å². The summed E-state index contributed by atoms with van der Waals surface area (Å²) in [6.07, 6.45) is 2.89. The highest BCUT2D eigenvalue weighted by Crippen LogP contribution is 2.28. The predicted molar refractivity (Wildman–Crippen MR) is 85.7 cm³/mol. The van der Waals surface area contributed by atoms with Crippen LogP contribution in [-0.2, 0) is 4.74 Å². The minimum atomic E-state index is 0.336. The molecule has 1 aromatic rings. The van der Waals surface area contributed by atoms with Crippen LogP contribution in [0, 0.1) is 0 Å². The fourth-order valence-corrected chi connectivity index (χ4v) is 3.75. The average molecular weight is 295 g/mol. The molecule has 0 aromatic heterocycles. The Balaban J connectivity index is 1.91. The topological polar surface area (TPSA) is 30.5 Å². The van der Waals surface area contributed by atoms with E-state index < -0.39 is 0 Å². The van der Waals surface area contributed by atoms with Crippen molar-refractivity contribution in [3.63, 3.8) is 0 Å². The van der Waals surface area contributed by atoms with Crippen molar-refractivity contribution in [1.82, 2.24) is 5.32 Å². The number of thioether (sulfide) groups is 1. The van der Waals surface area contributed by atoms with Gasteiger partial charge in [-0.25, -0.2) is 0 Å². The Kier molecular flexibility index (Phi) is 6.70. The van der Waals surface area contributed by atoms with Crippen molar-refractivity contribution in [2.75, 3.05) is 31.8 Å². The van der Waals surface area contributed by atoms with Crippen LogP contribution in [0.5, 0.6) is 5.75 Å². The highest BCUT2D eigenvalue weighted by molar-refractivity contribution is 7.99. The summed E-state index contributed by atoms with van der Waals surface area (Å²) in [5.41, 5.74) is 1.25. The largest absolute Gasteiger partial charge is 0.496 e. The SMILES string of the molecule is CCNC(CSCC1CCCO1)c1ccccc1OC. The molecule has 112 valence electrons. The molecular formula is C16H25NO2S. The molecule has 0 radical (unpaired) electrons. The van der Waals surface area contributed by atoms with Crippen LogP contribution >= 0.6 is 11.8 Å². The maximum absolute atomic E-state index is 5.68. The smallest absolute Gasteiger partial charge is 0.123 e. The van der Waals surface area contributed by atoms with Crippen molar-refractivity contribution in [3.05, 3.63) is 29.8 Å². The lowest BCUT2D eigenvalue weighted by molar-refractivity contribution is 0.129. The summed E-state index contributed by atoms with van der Waals surface area (Å²) < 4.78 is 11.2. The molecule has 2 rings (SSSR count). The number of hydrogen-bond acceptors (Lipinski definition) is 4. The zero-order valence-corrected chi connectivity index (χ0v) is 13.2. The van der Waals surface area contributed by atoms with Gasteiger partial charge in [-0.1, -0.05) is 25.1 Å². The van der Waals surface area contributed by atoms with Crippen LogP contribution < -0.4 is 10.1 Å². The second kappa shape index (κ2) is 8.55. The van der Waals surface area contributed by atoms with Gasteiger partial charge in [0.1, 0.15) is 5.75 Å². The number of rotatable bonds is 8. The fourth-order valence-electron chi connectivity index (χ4n) is 2.55. The van der Waals surface area contributed by atoms with Gasteiger partial charge in [0.25, 0.3) is 0 Å². The molecule has 2 unspecified atom stereocenters. The van der Waals surface area contributed by atoms with E-state index in [1.165, 1.54) is 18.4 Å². The molecule has 2 atom stereocenters. The minimum Gasteiger partial charge on any atom is -0.496 e. The van der Waals surface area contributed by atoms with Gasteiger partial charge in [-0.15, -0.1) is 0 Å². The van der Waals surface area contributed by atoms with Gasteiger partial charge in [0.2, 0.25) is 0 Å². The normalized spacial score (nSPS) is 20.0. The van der Waals surface area contributed by atoms with Crippen LogP contribution in [0.1, 0.15) is 31.4 Å². The third-order valence-electron chi connectivity index (χ3n) is 3.58. The van der Waals surface area contributed by atoms with Gasteiger partial charge >= 0.3 is 0 Å². The molecule has 0 amide bonds. The van der Waals surface area contributed by atoms with Crippen molar-refractivity contribution >= 4 is 11.8 Å². The molecule has 0 spiro atoms.